The Labute approximate surface area is 218 Å². The first-order valence-corrected chi connectivity index (χ1v) is 12.8. The third-order valence-electron chi connectivity index (χ3n) is 6.62. The van der Waals surface area contributed by atoms with E-state index in [1.54, 1.807) is 43.3 Å². The average molecular weight is 508 g/mol. The molecule has 0 spiro atoms. The lowest BCUT2D eigenvalue weighted by atomic mass is 9.99. The summed E-state index contributed by atoms with van der Waals surface area (Å²) in [4.78, 5) is 40.4. The van der Waals surface area contributed by atoms with Crippen LogP contribution in [0.4, 0.5) is 5.69 Å². The van der Waals surface area contributed by atoms with Crippen molar-refractivity contribution in [1.29, 1.82) is 5.41 Å². The van der Waals surface area contributed by atoms with Crippen molar-refractivity contribution in [2.45, 2.75) is 64.5 Å². The van der Waals surface area contributed by atoms with E-state index in [-0.39, 0.29) is 49.7 Å². The fourth-order valence-corrected chi connectivity index (χ4v) is 4.81. The molecule has 1 unspecified atom stereocenters. The van der Waals surface area contributed by atoms with Gasteiger partial charge in [0.05, 0.1) is 19.1 Å². The average Bonchev–Trinajstić information content (AvgIpc) is 3.39. The van der Waals surface area contributed by atoms with Crippen molar-refractivity contribution in [2.75, 3.05) is 18.1 Å². The molecule has 0 saturated heterocycles. The van der Waals surface area contributed by atoms with Gasteiger partial charge < -0.3 is 26.4 Å². The van der Waals surface area contributed by atoms with Crippen LogP contribution in [0.2, 0.25) is 0 Å². The molecule has 3 rings (SSSR count). The first-order valence-electron chi connectivity index (χ1n) is 12.8. The van der Waals surface area contributed by atoms with Gasteiger partial charge in [-0.05, 0) is 62.1 Å². The van der Waals surface area contributed by atoms with Gasteiger partial charge in [-0.25, -0.2) is 0 Å². The number of benzene rings is 2. The van der Waals surface area contributed by atoms with E-state index in [9.17, 15) is 14.4 Å². The summed E-state index contributed by atoms with van der Waals surface area (Å²) in [6.07, 6.45) is 4.28. The van der Waals surface area contributed by atoms with Crippen LogP contribution < -0.4 is 21.7 Å². The quantitative estimate of drug-likeness (QED) is 0.208. The number of hydrogen-bond donors (Lipinski definition) is 4. The summed E-state index contributed by atoms with van der Waals surface area (Å²) in [6, 6.07) is 11.6. The van der Waals surface area contributed by atoms with Crippen LogP contribution in [0, 0.1) is 12.3 Å². The van der Waals surface area contributed by atoms with Crippen LogP contribution >= 0.6 is 0 Å². The highest BCUT2D eigenvalue weighted by Crippen LogP contribution is 2.32. The monoisotopic (exact) mass is 507 g/mol. The zero-order chi connectivity index (χ0) is 26.9. The van der Waals surface area contributed by atoms with Gasteiger partial charge in [-0.15, -0.1) is 0 Å². The fourth-order valence-electron chi connectivity index (χ4n) is 4.81. The van der Waals surface area contributed by atoms with Crippen LogP contribution in [-0.2, 0) is 14.3 Å². The van der Waals surface area contributed by atoms with Gasteiger partial charge in [-0.1, -0.05) is 31.0 Å². The molecule has 9 nitrogen and oxygen atoms in total. The predicted octanol–water partition coefficient (Wildman–Crippen LogP) is 3.33. The molecule has 0 heterocycles. The lowest BCUT2D eigenvalue weighted by Gasteiger charge is -2.31. The number of nitrogens with two attached hydrogens (primary N) is 2. The van der Waals surface area contributed by atoms with Gasteiger partial charge in [0, 0.05) is 35.8 Å². The maximum atomic E-state index is 13.3. The predicted molar refractivity (Wildman–Crippen MR) is 144 cm³/mol. The molecule has 9 heteroatoms. The molecule has 1 aliphatic rings. The second-order valence-electron chi connectivity index (χ2n) is 9.32. The van der Waals surface area contributed by atoms with Gasteiger partial charge in [0.15, 0.2) is 0 Å². The smallest absolute Gasteiger partial charge is 0.308 e. The number of amides is 2. The van der Waals surface area contributed by atoms with Crippen LogP contribution in [0.5, 0.6) is 0 Å². The molecule has 2 aromatic carbocycles. The molecule has 0 radical (unpaired) electrons. The molecule has 1 saturated carbocycles. The van der Waals surface area contributed by atoms with Gasteiger partial charge >= 0.3 is 5.97 Å². The Kier molecular flexibility index (Phi) is 9.79. The summed E-state index contributed by atoms with van der Waals surface area (Å²) >= 11 is 0. The number of anilines is 1. The summed E-state index contributed by atoms with van der Waals surface area (Å²) in [5.74, 6) is -0.920. The molecule has 0 aromatic heterocycles. The first-order chi connectivity index (χ1) is 17.7. The van der Waals surface area contributed by atoms with E-state index >= 15 is 0 Å². The van der Waals surface area contributed by atoms with Crippen LogP contribution in [-0.4, -0.2) is 42.8 Å². The van der Waals surface area contributed by atoms with Gasteiger partial charge in [-0.3, -0.25) is 19.8 Å². The van der Waals surface area contributed by atoms with E-state index in [4.69, 9.17) is 21.6 Å². The van der Waals surface area contributed by atoms with Crippen molar-refractivity contribution < 1.29 is 19.1 Å². The molecule has 0 bridgehead atoms. The Morgan fingerprint density at radius 3 is 2.49 bits per heavy atom. The van der Waals surface area contributed by atoms with E-state index in [0.29, 0.717) is 16.7 Å². The highest BCUT2D eigenvalue weighted by atomic mass is 16.5. The third-order valence-corrected chi connectivity index (χ3v) is 6.62. The fraction of sp³-hybridized carbons (Fsp3) is 0.429. The number of nitrogen functional groups attached to an aromatic ring is 1. The first kappa shape index (κ1) is 27.9. The minimum absolute atomic E-state index is 0.00504. The van der Waals surface area contributed by atoms with Crippen molar-refractivity contribution in [3.05, 3.63) is 64.7 Å². The standard InChI is InChI=1S/C28H37N5O4/c1-3-37-26(35)17-23(19-7-6-8-20(16-19)27(30)31)32-28(36)21-11-12-24(18(2)15-21)33(25(34)13-14-29)22-9-4-5-10-22/h6-8,11-12,15-16,22-23H,3-5,9-10,13-14,17,29H2,1-2H3,(H3,30,31)(H,32,36). The molecule has 1 aliphatic carbocycles. The minimum Gasteiger partial charge on any atom is -0.466 e. The molecule has 6 N–H and O–H groups in total. The van der Waals surface area contributed by atoms with Gasteiger partial charge in [0.2, 0.25) is 5.91 Å². The number of nitrogens with zero attached hydrogens (tertiary/aromatic N) is 1. The van der Waals surface area contributed by atoms with Crippen LogP contribution in [0.15, 0.2) is 42.5 Å². The van der Waals surface area contributed by atoms with Gasteiger partial charge in [0.25, 0.3) is 5.91 Å². The van der Waals surface area contributed by atoms with Crippen molar-refractivity contribution in [1.82, 2.24) is 5.32 Å². The zero-order valence-corrected chi connectivity index (χ0v) is 21.6. The topological polar surface area (TPSA) is 152 Å². The largest absolute Gasteiger partial charge is 0.466 e. The van der Waals surface area contributed by atoms with Crippen LogP contribution in [0.3, 0.4) is 0 Å². The summed E-state index contributed by atoms with van der Waals surface area (Å²) in [5.41, 5.74) is 14.5. The highest BCUT2D eigenvalue weighted by molar-refractivity contribution is 5.98. The number of amidine groups is 1. The molecule has 2 aromatic rings. The molecule has 198 valence electrons. The maximum Gasteiger partial charge on any atom is 0.308 e. The number of aryl methyl sites for hydroxylation is 1. The summed E-state index contributed by atoms with van der Waals surface area (Å²) in [5, 5.41) is 10.6. The summed E-state index contributed by atoms with van der Waals surface area (Å²) in [7, 11) is 0. The Morgan fingerprint density at radius 2 is 1.86 bits per heavy atom. The number of rotatable bonds is 11. The Morgan fingerprint density at radius 1 is 1.14 bits per heavy atom. The van der Waals surface area contributed by atoms with E-state index in [2.05, 4.69) is 5.32 Å². The number of hydrogen-bond acceptors (Lipinski definition) is 6. The minimum atomic E-state index is -0.674. The van der Waals surface area contributed by atoms with E-state index < -0.39 is 12.0 Å². The van der Waals surface area contributed by atoms with Gasteiger partial charge in [0.1, 0.15) is 5.84 Å². The molecule has 1 atom stereocenters. The Balaban J connectivity index is 1.86. The second-order valence-corrected chi connectivity index (χ2v) is 9.32. The van der Waals surface area contributed by atoms with Crippen molar-refractivity contribution in [2.24, 2.45) is 11.5 Å². The van der Waals surface area contributed by atoms with Gasteiger partial charge in [-0.2, -0.15) is 0 Å². The molecule has 2 amide bonds. The Bertz CT molecular complexity index is 1140. The molecule has 37 heavy (non-hydrogen) atoms. The lowest BCUT2D eigenvalue weighted by molar-refractivity contribution is -0.143. The number of carbonyl (C=O) groups excluding carboxylic acids is 3. The number of nitrogens with one attached hydrogen (secondary N) is 2. The van der Waals surface area contributed by atoms with E-state index in [1.165, 1.54) is 0 Å². The van der Waals surface area contributed by atoms with Crippen molar-refractivity contribution in [3.63, 3.8) is 0 Å². The van der Waals surface area contributed by atoms with E-state index in [1.807, 2.05) is 17.9 Å². The van der Waals surface area contributed by atoms with Crippen molar-refractivity contribution >= 4 is 29.3 Å². The number of ether oxygens (including phenoxy) is 1. The maximum absolute atomic E-state index is 13.3. The molecular formula is C28H37N5O4. The Hall–Kier alpha value is -3.72. The molecule has 1 fully saturated rings. The third kappa shape index (κ3) is 7.16. The summed E-state index contributed by atoms with van der Waals surface area (Å²) < 4.78 is 5.11. The van der Waals surface area contributed by atoms with Crippen molar-refractivity contribution in [3.8, 4) is 0 Å². The summed E-state index contributed by atoms with van der Waals surface area (Å²) in [6.45, 7) is 4.12. The highest BCUT2D eigenvalue weighted by Gasteiger charge is 2.29. The molecule has 0 aliphatic heterocycles. The number of esters is 1. The zero-order valence-electron chi connectivity index (χ0n) is 21.6. The lowest BCUT2D eigenvalue weighted by Crippen LogP contribution is -2.40. The van der Waals surface area contributed by atoms with Crippen LogP contribution in [0.25, 0.3) is 0 Å². The normalized spacial score (nSPS) is 14.1. The molecular weight excluding hydrogens is 470 g/mol. The van der Waals surface area contributed by atoms with Crippen LogP contribution in [0.1, 0.15) is 78.5 Å². The van der Waals surface area contributed by atoms with E-state index in [0.717, 1.165) is 36.9 Å². The number of carbonyl (C=O) groups is 3. The second kappa shape index (κ2) is 13.0. The SMILES string of the molecule is CCOC(=O)CC(NC(=O)c1ccc(N(C(=O)CCN)C2CCCC2)c(C)c1)c1cccc(C(=N)N)c1.